The topological polar surface area (TPSA) is 98.1 Å². The zero-order chi connectivity index (χ0) is 23.0. The summed E-state index contributed by atoms with van der Waals surface area (Å²) in [6.45, 7) is 1.57. The average Bonchev–Trinajstić information content (AvgIpc) is 3.26. The molecule has 166 valence electrons. The SMILES string of the molecule is CC(C=O)NC(=O)c1ccc2c(c1)nc(Nc1nc3ccc(OC(F)(F)F)cc3s1)n2C. The van der Waals surface area contributed by atoms with Gasteiger partial charge in [-0.05, 0) is 37.3 Å². The van der Waals surface area contributed by atoms with Gasteiger partial charge in [-0.2, -0.15) is 0 Å². The number of halogens is 3. The van der Waals surface area contributed by atoms with Crippen molar-refractivity contribution in [2.24, 2.45) is 7.05 Å². The molecule has 4 rings (SSSR count). The first-order valence-electron chi connectivity index (χ1n) is 9.29. The number of fused-ring (bicyclic) bond motifs is 2. The van der Waals surface area contributed by atoms with Crippen LogP contribution in [0.5, 0.6) is 5.75 Å². The van der Waals surface area contributed by atoms with Gasteiger partial charge in [0.15, 0.2) is 5.13 Å². The molecule has 32 heavy (non-hydrogen) atoms. The summed E-state index contributed by atoms with van der Waals surface area (Å²) < 4.78 is 43.5. The first kappa shape index (κ1) is 21.6. The van der Waals surface area contributed by atoms with Gasteiger partial charge >= 0.3 is 6.36 Å². The molecule has 2 aromatic carbocycles. The van der Waals surface area contributed by atoms with Gasteiger partial charge in [0.1, 0.15) is 12.0 Å². The Labute approximate surface area is 183 Å². The number of thiazole rings is 1. The number of amides is 1. The third-order valence-electron chi connectivity index (χ3n) is 4.52. The van der Waals surface area contributed by atoms with E-state index in [2.05, 4.69) is 25.3 Å². The summed E-state index contributed by atoms with van der Waals surface area (Å²) in [7, 11) is 1.77. The van der Waals surface area contributed by atoms with Crippen LogP contribution in [0.2, 0.25) is 0 Å². The van der Waals surface area contributed by atoms with E-state index in [9.17, 15) is 22.8 Å². The van der Waals surface area contributed by atoms with Crippen LogP contribution in [0.15, 0.2) is 36.4 Å². The number of aromatic nitrogens is 3. The lowest BCUT2D eigenvalue weighted by molar-refractivity contribution is -0.274. The van der Waals surface area contributed by atoms with Crippen LogP contribution in [-0.2, 0) is 11.8 Å². The molecule has 1 unspecified atom stereocenters. The van der Waals surface area contributed by atoms with Gasteiger partial charge in [0.05, 0.1) is 27.3 Å². The maximum absolute atomic E-state index is 12.4. The molecule has 0 aliphatic rings. The third-order valence-corrected chi connectivity index (χ3v) is 5.45. The third kappa shape index (κ3) is 4.49. The minimum Gasteiger partial charge on any atom is -0.406 e. The summed E-state index contributed by atoms with van der Waals surface area (Å²) in [5.74, 6) is -0.281. The highest BCUT2D eigenvalue weighted by Gasteiger charge is 2.31. The van der Waals surface area contributed by atoms with Crippen LogP contribution < -0.4 is 15.4 Å². The molecular weight excluding hydrogens is 447 g/mol. The fraction of sp³-hybridized carbons (Fsp3) is 0.200. The first-order chi connectivity index (χ1) is 15.1. The number of carbonyl (C=O) groups is 2. The number of rotatable bonds is 6. The summed E-state index contributed by atoms with van der Waals surface area (Å²) >= 11 is 1.15. The molecule has 0 aliphatic heterocycles. The van der Waals surface area contributed by atoms with E-state index in [0.29, 0.717) is 38.7 Å². The van der Waals surface area contributed by atoms with Crippen molar-refractivity contribution in [2.45, 2.75) is 19.3 Å². The Kier molecular flexibility index (Phi) is 5.46. The number of hydrogen-bond donors (Lipinski definition) is 2. The van der Waals surface area contributed by atoms with Crippen LogP contribution in [0.4, 0.5) is 24.3 Å². The quantitative estimate of drug-likeness (QED) is 0.417. The van der Waals surface area contributed by atoms with Crippen molar-refractivity contribution < 1.29 is 27.5 Å². The van der Waals surface area contributed by atoms with Gasteiger partial charge in [0, 0.05) is 18.7 Å². The molecule has 12 heteroatoms. The first-order valence-corrected chi connectivity index (χ1v) is 10.1. The molecule has 4 aromatic rings. The Morgan fingerprint density at radius 3 is 2.69 bits per heavy atom. The van der Waals surface area contributed by atoms with E-state index >= 15 is 0 Å². The van der Waals surface area contributed by atoms with Gasteiger partial charge in [-0.1, -0.05) is 11.3 Å². The lowest BCUT2D eigenvalue weighted by Crippen LogP contribution is -2.33. The normalized spacial score (nSPS) is 12.7. The van der Waals surface area contributed by atoms with Crippen LogP contribution in [0, 0.1) is 0 Å². The molecule has 1 amide bonds. The maximum atomic E-state index is 12.4. The van der Waals surface area contributed by atoms with Gasteiger partial charge in [-0.15, -0.1) is 13.2 Å². The maximum Gasteiger partial charge on any atom is 0.573 e. The number of carbonyl (C=O) groups excluding carboxylic acids is 2. The molecular formula is C20H16F3N5O3S. The monoisotopic (exact) mass is 463 g/mol. The lowest BCUT2D eigenvalue weighted by Gasteiger charge is -2.07. The largest absolute Gasteiger partial charge is 0.573 e. The summed E-state index contributed by atoms with van der Waals surface area (Å²) in [5, 5.41) is 6.05. The average molecular weight is 463 g/mol. The molecule has 8 nitrogen and oxygen atoms in total. The van der Waals surface area contributed by atoms with Crippen molar-refractivity contribution in [1.82, 2.24) is 19.9 Å². The van der Waals surface area contributed by atoms with Crippen molar-refractivity contribution in [2.75, 3.05) is 5.32 Å². The van der Waals surface area contributed by atoms with E-state index in [0.717, 1.165) is 16.9 Å². The number of alkyl halides is 3. The van der Waals surface area contributed by atoms with Crippen LogP contribution in [0.25, 0.3) is 21.3 Å². The lowest BCUT2D eigenvalue weighted by atomic mass is 10.2. The number of aryl methyl sites for hydroxylation is 1. The molecule has 1 atom stereocenters. The fourth-order valence-corrected chi connectivity index (χ4v) is 3.92. The zero-order valence-electron chi connectivity index (χ0n) is 16.7. The molecule has 0 spiro atoms. The van der Waals surface area contributed by atoms with Crippen molar-refractivity contribution in [3.8, 4) is 5.75 Å². The minimum atomic E-state index is -4.77. The highest BCUT2D eigenvalue weighted by Crippen LogP contribution is 2.33. The van der Waals surface area contributed by atoms with E-state index in [4.69, 9.17) is 0 Å². The second-order valence-electron chi connectivity index (χ2n) is 6.92. The second kappa shape index (κ2) is 8.11. The van der Waals surface area contributed by atoms with Gasteiger partial charge in [-0.25, -0.2) is 9.97 Å². The van der Waals surface area contributed by atoms with Gasteiger partial charge < -0.3 is 24.7 Å². The van der Waals surface area contributed by atoms with Crippen LogP contribution >= 0.6 is 11.3 Å². The Balaban J connectivity index is 1.59. The zero-order valence-corrected chi connectivity index (χ0v) is 17.5. The van der Waals surface area contributed by atoms with Gasteiger partial charge in [0.2, 0.25) is 5.95 Å². The van der Waals surface area contributed by atoms with Crippen LogP contribution in [0.3, 0.4) is 0 Å². The number of hydrogen-bond acceptors (Lipinski definition) is 7. The molecule has 2 heterocycles. The highest BCUT2D eigenvalue weighted by molar-refractivity contribution is 7.22. The van der Waals surface area contributed by atoms with E-state index in [1.165, 1.54) is 18.2 Å². The molecule has 0 radical (unpaired) electrons. The number of aldehydes is 1. The van der Waals surface area contributed by atoms with Crippen molar-refractivity contribution in [1.29, 1.82) is 0 Å². The predicted octanol–water partition coefficient (Wildman–Crippen LogP) is 4.14. The minimum absolute atomic E-state index is 0.322. The molecule has 0 saturated carbocycles. The van der Waals surface area contributed by atoms with Crippen molar-refractivity contribution in [3.05, 3.63) is 42.0 Å². The second-order valence-corrected chi connectivity index (χ2v) is 7.95. The molecule has 0 fully saturated rings. The number of nitrogens with zero attached hydrogens (tertiary/aromatic N) is 3. The summed E-state index contributed by atoms with van der Waals surface area (Å²) in [4.78, 5) is 31.8. The molecule has 2 N–H and O–H groups in total. The number of benzene rings is 2. The van der Waals surface area contributed by atoms with Gasteiger partial charge in [-0.3, -0.25) is 4.79 Å². The molecule has 0 saturated heterocycles. The highest BCUT2D eigenvalue weighted by atomic mass is 32.1. The van der Waals surface area contributed by atoms with E-state index in [-0.39, 0.29) is 5.75 Å². The van der Waals surface area contributed by atoms with Gasteiger partial charge in [0.25, 0.3) is 5.91 Å². The summed E-state index contributed by atoms with van der Waals surface area (Å²) in [6.07, 6.45) is -4.14. The van der Waals surface area contributed by atoms with E-state index in [1.807, 2.05) is 0 Å². The Hall–Kier alpha value is -3.67. The number of imidazole rings is 1. The fourth-order valence-electron chi connectivity index (χ4n) is 3.03. The Bertz CT molecular complexity index is 1330. The number of ether oxygens (including phenoxy) is 1. The van der Waals surface area contributed by atoms with Crippen molar-refractivity contribution >= 4 is 55.9 Å². The number of nitrogens with one attached hydrogen (secondary N) is 2. The standard InChI is InChI=1S/C20H16F3N5O3S/c1-10(9-29)24-17(30)11-3-6-15-14(7-11)25-18(28(15)2)27-19-26-13-5-4-12(8-16(13)32-19)31-20(21,22)23/h3-10H,1-2H3,(H,24,30)(H,25,26,27). The smallest absolute Gasteiger partial charge is 0.406 e. The summed E-state index contributed by atoms with van der Waals surface area (Å²) in [5.41, 5.74) is 2.15. The molecule has 2 aromatic heterocycles. The van der Waals surface area contributed by atoms with Crippen molar-refractivity contribution in [3.63, 3.8) is 0 Å². The van der Waals surface area contributed by atoms with E-state index in [1.54, 1.807) is 36.7 Å². The summed E-state index contributed by atoms with van der Waals surface area (Å²) in [6, 6.07) is 8.26. The Morgan fingerprint density at radius 1 is 1.19 bits per heavy atom. The van der Waals surface area contributed by atoms with Crippen LogP contribution in [-0.4, -0.2) is 39.1 Å². The molecule has 0 bridgehead atoms. The molecule has 0 aliphatic carbocycles. The Morgan fingerprint density at radius 2 is 1.97 bits per heavy atom. The van der Waals surface area contributed by atoms with Crippen LogP contribution in [0.1, 0.15) is 17.3 Å². The number of anilines is 2. The van der Waals surface area contributed by atoms with E-state index < -0.39 is 18.3 Å². The predicted molar refractivity (Wildman–Crippen MR) is 113 cm³/mol.